The lowest BCUT2D eigenvalue weighted by atomic mass is 10.1. The molecule has 0 spiro atoms. The molecule has 5 nitrogen and oxygen atoms in total. The molecule has 130 valence electrons. The summed E-state index contributed by atoms with van der Waals surface area (Å²) < 4.78 is 13.5. The molecule has 0 bridgehead atoms. The van der Waals surface area contributed by atoms with Crippen LogP contribution in [0.5, 0.6) is 0 Å². The molecule has 1 heterocycles. The minimum atomic E-state index is -0.409. The molecular formula is C19H20FN3O2. The van der Waals surface area contributed by atoms with Gasteiger partial charge in [0.1, 0.15) is 5.82 Å². The second kappa shape index (κ2) is 7.79. The molecule has 0 aliphatic carbocycles. The van der Waals surface area contributed by atoms with Crippen LogP contribution in [0.25, 0.3) is 0 Å². The lowest BCUT2D eigenvalue weighted by Gasteiger charge is -2.16. The number of amides is 2. The van der Waals surface area contributed by atoms with Gasteiger partial charge in [0.05, 0.1) is 12.2 Å². The molecule has 0 unspecified atom stereocenters. The van der Waals surface area contributed by atoms with E-state index in [-0.39, 0.29) is 24.0 Å². The van der Waals surface area contributed by atoms with E-state index >= 15 is 0 Å². The van der Waals surface area contributed by atoms with Gasteiger partial charge in [0.2, 0.25) is 5.91 Å². The summed E-state index contributed by atoms with van der Waals surface area (Å²) in [5.74, 6) is -0.736. The van der Waals surface area contributed by atoms with Crippen LogP contribution in [-0.4, -0.2) is 36.3 Å². The third-order valence-corrected chi connectivity index (χ3v) is 4.10. The predicted molar refractivity (Wildman–Crippen MR) is 95.1 cm³/mol. The van der Waals surface area contributed by atoms with Gasteiger partial charge in [0.25, 0.3) is 5.91 Å². The second-order valence-corrected chi connectivity index (χ2v) is 5.96. The number of hydrogen-bond donors (Lipinski definition) is 2. The van der Waals surface area contributed by atoms with E-state index in [0.29, 0.717) is 11.3 Å². The Hall–Kier alpha value is -2.89. The fraction of sp³-hybridized carbons (Fsp3) is 0.263. The van der Waals surface area contributed by atoms with Crippen molar-refractivity contribution in [2.75, 3.05) is 30.3 Å². The molecule has 2 N–H and O–H groups in total. The molecule has 25 heavy (non-hydrogen) atoms. The van der Waals surface area contributed by atoms with Crippen molar-refractivity contribution in [1.82, 2.24) is 4.90 Å². The van der Waals surface area contributed by atoms with Crippen LogP contribution in [0, 0.1) is 5.82 Å². The summed E-state index contributed by atoms with van der Waals surface area (Å²) in [5.41, 5.74) is 1.38. The number of halogens is 1. The van der Waals surface area contributed by atoms with Crippen LogP contribution >= 0.6 is 0 Å². The Labute approximate surface area is 145 Å². The van der Waals surface area contributed by atoms with Crippen molar-refractivity contribution < 1.29 is 14.0 Å². The van der Waals surface area contributed by atoms with E-state index in [1.807, 2.05) is 4.90 Å². The Morgan fingerprint density at radius 1 is 1.04 bits per heavy atom. The molecule has 1 saturated heterocycles. The first-order chi connectivity index (χ1) is 12.1. The minimum absolute atomic E-state index is 0.0157. The normalized spacial score (nSPS) is 13.6. The van der Waals surface area contributed by atoms with Crippen molar-refractivity contribution in [2.24, 2.45) is 0 Å². The van der Waals surface area contributed by atoms with Crippen LogP contribution in [0.4, 0.5) is 15.8 Å². The van der Waals surface area contributed by atoms with Gasteiger partial charge in [-0.25, -0.2) is 4.39 Å². The van der Waals surface area contributed by atoms with Crippen molar-refractivity contribution in [2.45, 2.75) is 12.8 Å². The van der Waals surface area contributed by atoms with Crippen molar-refractivity contribution in [3.05, 3.63) is 59.9 Å². The monoisotopic (exact) mass is 341 g/mol. The third-order valence-electron chi connectivity index (χ3n) is 4.10. The number of rotatable bonds is 5. The lowest BCUT2D eigenvalue weighted by Crippen LogP contribution is -2.27. The summed E-state index contributed by atoms with van der Waals surface area (Å²) in [6, 6.07) is 13.0. The number of carbonyl (C=O) groups excluding carboxylic acids is 2. The van der Waals surface area contributed by atoms with Crippen LogP contribution in [-0.2, 0) is 4.79 Å². The highest BCUT2D eigenvalue weighted by molar-refractivity contribution is 5.98. The van der Waals surface area contributed by atoms with E-state index in [0.717, 1.165) is 25.9 Å². The number of carbonyl (C=O) groups is 2. The number of anilines is 2. The Kier molecular flexibility index (Phi) is 5.28. The Balaban J connectivity index is 1.59. The van der Waals surface area contributed by atoms with Gasteiger partial charge in [-0.3, -0.25) is 9.59 Å². The lowest BCUT2D eigenvalue weighted by molar-refractivity contribution is -0.114. The van der Waals surface area contributed by atoms with Gasteiger partial charge in [-0.15, -0.1) is 0 Å². The molecule has 0 radical (unpaired) electrons. The highest BCUT2D eigenvalue weighted by Crippen LogP contribution is 2.17. The van der Waals surface area contributed by atoms with Gasteiger partial charge in [-0.05, 0) is 43.2 Å². The molecule has 0 atom stereocenters. The first-order valence-electron chi connectivity index (χ1n) is 8.31. The molecule has 2 aromatic carbocycles. The molecule has 1 aliphatic rings. The summed E-state index contributed by atoms with van der Waals surface area (Å²) in [5, 5.41) is 5.48. The number of para-hydroxylation sites is 1. The topological polar surface area (TPSA) is 61.4 Å². The highest BCUT2D eigenvalue weighted by atomic mass is 19.1. The van der Waals surface area contributed by atoms with Gasteiger partial charge in [0, 0.05) is 24.3 Å². The zero-order chi connectivity index (χ0) is 17.6. The quantitative estimate of drug-likeness (QED) is 0.878. The molecule has 2 aromatic rings. The molecule has 6 heteroatoms. The van der Waals surface area contributed by atoms with Crippen LogP contribution in [0.1, 0.15) is 23.2 Å². The Bertz CT molecular complexity index is 773. The van der Waals surface area contributed by atoms with Crippen molar-refractivity contribution in [1.29, 1.82) is 0 Å². The van der Waals surface area contributed by atoms with Crippen molar-refractivity contribution in [3.63, 3.8) is 0 Å². The summed E-state index contributed by atoms with van der Waals surface area (Å²) in [7, 11) is 0. The van der Waals surface area contributed by atoms with Crippen LogP contribution in [0.15, 0.2) is 48.5 Å². The zero-order valence-corrected chi connectivity index (χ0v) is 13.8. The van der Waals surface area contributed by atoms with E-state index in [1.54, 1.807) is 42.5 Å². The van der Waals surface area contributed by atoms with Gasteiger partial charge >= 0.3 is 0 Å². The smallest absolute Gasteiger partial charge is 0.253 e. The van der Waals surface area contributed by atoms with E-state index in [4.69, 9.17) is 0 Å². The third kappa shape index (κ3) is 4.35. The number of hydrogen-bond acceptors (Lipinski definition) is 3. The maximum absolute atomic E-state index is 13.5. The number of benzene rings is 2. The SMILES string of the molecule is O=C(CNc1ccccc1F)Nc1cccc(C(=O)N2CCCC2)c1. The molecule has 2 amide bonds. The highest BCUT2D eigenvalue weighted by Gasteiger charge is 2.19. The minimum Gasteiger partial charge on any atom is -0.374 e. The number of likely N-dealkylation sites (tertiary alicyclic amines) is 1. The summed E-state index contributed by atoms with van der Waals surface area (Å²) in [4.78, 5) is 26.3. The zero-order valence-electron chi connectivity index (χ0n) is 13.8. The summed E-state index contributed by atoms with van der Waals surface area (Å²) in [6.45, 7) is 1.50. The van der Waals surface area contributed by atoms with Gasteiger partial charge in [-0.1, -0.05) is 18.2 Å². The van der Waals surface area contributed by atoms with E-state index in [9.17, 15) is 14.0 Å². The standard InChI is InChI=1S/C19H20FN3O2/c20-16-8-1-2-9-17(16)21-13-18(24)22-15-7-5-6-14(12-15)19(25)23-10-3-4-11-23/h1-2,5-9,12,21H,3-4,10-11,13H2,(H,22,24). The maximum atomic E-state index is 13.5. The van der Waals surface area contributed by atoms with Crippen molar-refractivity contribution in [3.8, 4) is 0 Å². The molecule has 0 aromatic heterocycles. The van der Waals surface area contributed by atoms with E-state index < -0.39 is 5.82 Å². The van der Waals surface area contributed by atoms with Crippen LogP contribution < -0.4 is 10.6 Å². The largest absolute Gasteiger partial charge is 0.374 e. The fourth-order valence-corrected chi connectivity index (χ4v) is 2.82. The van der Waals surface area contributed by atoms with Gasteiger partial charge in [-0.2, -0.15) is 0 Å². The maximum Gasteiger partial charge on any atom is 0.253 e. The molecule has 3 rings (SSSR count). The number of nitrogens with one attached hydrogen (secondary N) is 2. The van der Waals surface area contributed by atoms with E-state index in [1.165, 1.54) is 6.07 Å². The molecular weight excluding hydrogens is 321 g/mol. The van der Waals surface area contributed by atoms with E-state index in [2.05, 4.69) is 10.6 Å². The predicted octanol–water partition coefficient (Wildman–Crippen LogP) is 3.11. The molecule has 0 saturated carbocycles. The molecule has 1 fully saturated rings. The first kappa shape index (κ1) is 17.0. The fourth-order valence-electron chi connectivity index (χ4n) is 2.82. The van der Waals surface area contributed by atoms with Crippen LogP contribution in [0.2, 0.25) is 0 Å². The second-order valence-electron chi connectivity index (χ2n) is 5.96. The Morgan fingerprint density at radius 2 is 1.80 bits per heavy atom. The average Bonchev–Trinajstić information content (AvgIpc) is 3.15. The van der Waals surface area contributed by atoms with Crippen molar-refractivity contribution >= 4 is 23.2 Å². The number of nitrogens with zero attached hydrogens (tertiary/aromatic N) is 1. The average molecular weight is 341 g/mol. The summed E-state index contributed by atoms with van der Waals surface area (Å²) in [6.07, 6.45) is 2.06. The van der Waals surface area contributed by atoms with Gasteiger partial charge < -0.3 is 15.5 Å². The van der Waals surface area contributed by atoms with Gasteiger partial charge in [0.15, 0.2) is 0 Å². The van der Waals surface area contributed by atoms with Crippen LogP contribution in [0.3, 0.4) is 0 Å². The molecule has 1 aliphatic heterocycles. The Morgan fingerprint density at radius 3 is 2.56 bits per heavy atom. The first-order valence-corrected chi connectivity index (χ1v) is 8.31. The summed E-state index contributed by atoms with van der Waals surface area (Å²) >= 11 is 0.